The summed E-state index contributed by atoms with van der Waals surface area (Å²) >= 11 is 0. The number of rotatable bonds is 6. The summed E-state index contributed by atoms with van der Waals surface area (Å²) in [5.41, 5.74) is -4.66. The van der Waals surface area contributed by atoms with Crippen LogP contribution in [0.3, 0.4) is 0 Å². The quantitative estimate of drug-likeness (QED) is 0.539. The van der Waals surface area contributed by atoms with Crippen LogP contribution in [0.1, 0.15) is 47.8 Å². The lowest BCUT2D eigenvalue weighted by Gasteiger charge is -2.32. The molecule has 1 aliphatic heterocycles. The SMILES string of the molecule is COc1c([C@@H]2C(C(=O)Nc3ccc(C(=O)O)nc3)O[C@](C)(C(F)(F)F)[C@@H]2C)ccc(F)c1C(F)F. The minimum Gasteiger partial charge on any atom is -0.496 e. The Bertz CT molecular complexity index is 1120. The molecule has 0 spiro atoms. The number of hydrogen-bond acceptors (Lipinski definition) is 5. The van der Waals surface area contributed by atoms with E-state index >= 15 is 0 Å². The van der Waals surface area contributed by atoms with Crippen LogP contribution in [0.2, 0.25) is 0 Å². The Balaban J connectivity index is 2.09. The number of carboxylic acids is 1. The predicted octanol–water partition coefficient (Wildman–Crippen LogP) is 4.94. The zero-order valence-corrected chi connectivity index (χ0v) is 18.5. The van der Waals surface area contributed by atoms with Crippen LogP contribution in [0.25, 0.3) is 0 Å². The number of halogens is 6. The number of hydrogen-bond donors (Lipinski definition) is 2. The molecular weight excluding hydrogens is 486 g/mol. The van der Waals surface area contributed by atoms with E-state index in [2.05, 4.69) is 10.3 Å². The fraction of sp³-hybridized carbons (Fsp3) is 0.409. The first kappa shape index (κ1) is 26.3. The van der Waals surface area contributed by atoms with Gasteiger partial charge in [-0.25, -0.2) is 22.9 Å². The van der Waals surface area contributed by atoms with Gasteiger partial charge in [0.1, 0.15) is 23.4 Å². The highest BCUT2D eigenvalue weighted by Gasteiger charge is 2.66. The molecule has 1 unspecified atom stereocenters. The van der Waals surface area contributed by atoms with Crippen LogP contribution in [0.5, 0.6) is 5.75 Å². The van der Waals surface area contributed by atoms with Gasteiger partial charge in [-0.05, 0) is 25.1 Å². The normalized spacial score (nSPS) is 24.5. The average Bonchev–Trinajstić information content (AvgIpc) is 3.05. The van der Waals surface area contributed by atoms with Gasteiger partial charge in [0.25, 0.3) is 12.3 Å². The highest BCUT2D eigenvalue weighted by atomic mass is 19.4. The molecule has 0 bridgehead atoms. The zero-order chi connectivity index (χ0) is 26.3. The van der Waals surface area contributed by atoms with Crippen molar-refractivity contribution in [3.05, 3.63) is 53.1 Å². The Labute approximate surface area is 195 Å². The molecule has 2 N–H and O–H groups in total. The summed E-state index contributed by atoms with van der Waals surface area (Å²) < 4.78 is 93.4. The summed E-state index contributed by atoms with van der Waals surface area (Å²) in [5, 5.41) is 11.2. The fourth-order valence-corrected chi connectivity index (χ4v) is 4.12. The third kappa shape index (κ3) is 4.64. The molecule has 1 aliphatic rings. The molecule has 35 heavy (non-hydrogen) atoms. The number of methoxy groups -OCH3 is 1. The van der Waals surface area contributed by atoms with E-state index in [4.69, 9.17) is 14.6 Å². The number of aromatic nitrogens is 1. The zero-order valence-electron chi connectivity index (χ0n) is 18.5. The molecule has 1 saturated heterocycles. The van der Waals surface area contributed by atoms with Gasteiger partial charge in [0.15, 0.2) is 5.60 Å². The van der Waals surface area contributed by atoms with Gasteiger partial charge >= 0.3 is 12.1 Å². The number of carboxylic acid groups (broad SMARTS) is 1. The van der Waals surface area contributed by atoms with Crippen molar-refractivity contribution in [3.8, 4) is 5.75 Å². The minimum absolute atomic E-state index is 0.0463. The van der Waals surface area contributed by atoms with Crippen LogP contribution < -0.4 is 10.1 Å². The molecule has 2 heterocycles. The number of carbonyl (C=O) groups is 2. The Kier molecular flexibility index (Phi) is 7.02. The number of ether oxygens (including phenoxy) is 2. The minimum atomic E-state index is -4.96. The fourth-order valence-electron chi connectivity index (χ4n) is 4.12. The molecule has 190 valence electrons. The number of pyridine rings is 1. The van der Waals surface area contributed by atoms with Crippen molar-refractivity contribution in [1.29, 1.82) is 0 Å². The summed E-state index contributed by atoms with van der Waals surface area (Å²) in [6.07, 6.45) is -9.18. The van der Waals surface area contributed by atoms with Gasteiger partial charge in [-0.2, -0.15) is 13.2 Å². The Hall–Kier alpha value is -3.35. The number of aromatic carboxylic acids is 1. The molecule has 1 aromatic heterocycles. The van der Waals surface area contributed by atoms with E-state index < -0.39 is 65.1 Å². The van der Waals surface area contributed by atoms with E-state index in [1.807, 2.05) is 0 Å². The maximum Gasteiger partial charge on any atom is 0.417 e. The number of benzene rings is 1. The first-order valence-electron chi connectivity index (χ1n) is 10.1. The van der Waals surface area contributed by atoms with Crippen molar-refractivity contribution < 1.29 is 50.5 Å². The third-order valence-corrected chi connectivity index (χ3v) is 6.13. The van der Waals surface area contributed by atoms with E-state index in [0.29, 0.717) is 6.07 Å². The molecule has 1 fully saturated rings. The standard InChI is InChI=1S/C22H20F6N2O5/c1-9-14(11-5-6-12(23)15(18(24)25)16(11)34-3)17(35-21(9,2)22(26,27)28)19(31)30-10-4-7-13(20(32)33)29-8-10/h4-9,14,17-18H,1-3H3,(H,30,31)(H,32,33)/t9-,14-,17?,21+/m1/s1. The Morgan fingerprint density at radius 1 is 1.23 bits per heavy atom. The number of nitrogens with one attached hydrogen (secondary N) is 1. The van der Waals surface area contributed by atoms with E-state index in [-0.39, 0.29) is 16.9 Å². The van der Waals surface area contributed by atoms with Gasteiger partial charge in [-0.15, -0.1) is 0 Å². The smallest absolute Gasteiger partial charge is 0.417 e. The predicted molar refractivity (Wildman–Crippen MR) is 109 cm³/mol. The number of nitrogens with zero attached hydrogens (tertiary/aromatic N) is 1. The van der Waals surface area contributed by atoms with Gasteiger partial charge < -0.3 is 19.9 Å². The second-order valence-corrected chi connectivity index (χ2v) is 8.07. The third-order valence-electron chi connectivity index (χ3n) is 6.13. The first-order chi connectivity index (χ1) is 16.2. The molecule has 1 aromatic carbocycles. The van der Waals surface area contributed by atoms with Crippen molar-refractivity contribution in [3.63, 3.8) is 0 Å². The summed E-state index contributed by atoms with van der Waals surface area (Å²) in [7, 11) is 0.957. The van der Waals surface area contributed by atoms with E-state index in [9.17, 15) is 35.9 Å². The van der Waals surface area contributed by atoms with Crippen molar-refractivity contribution in [2.24, 2.45) is 5.92 Å². The molecule has 1 amide bonds. The summed E-state index contributed by atoms with van der Waals surface area (Å²) in [6.45, 7) is 1.87. The first-order valence-corrected chi connectivity index (χ1v) is 10.1. The van der Waals surface area contributed by atoms with Crippen molar-refractivity contribution in [2.75, 3.05) is 12.4 Å². The van der Waals surface area contributed by atoms with Crippen molar-refractivity contribution in [1.82, 2.24) is 4.98 Å². The van der Waals surface area contributed by atoms with Crippen LogP contribution in [0.4, 0.5) is 32.0 Å². The van der Waals surface area contributed by atoms with Gasteiger partial charge in [0.05, 0.1) is 24.6 Å². The summed E-state index contributed by atoms with van der Waals surface area (Å²) in [5.74, 6) is -7.38. The van der Waals surface area contributed by atoms with Crippen LogP contribution >= 0.6 is 0 Å². The Morgan fingerprint density at radius 3 is 2.37 bits per heavy atom. The lowest BCUT2D eigenvalue weighted by Crippen LogP contribution is -2.47. The highest BCUT2D eigenvalue weighted by Crippen LogP contribution is 2.55. The monoisotopic (exact) mass is 506 g/mol. The lowest BCUT2D eigenvalue weighted by atomic mass is 9.76. The second kappa shape index (κ2) is 9.36. The lowest BCUT2D eigenvalue weighted by molar-refractivity contribution is -0.272. The van der Waals surface area contributed by atoms with Gasteiger partial charge in [-0.3, -0.25) is 4.79 Å². The summed E-state index contributed by atoms with van der Waals surface area (Å²) in [6, 6.07) is 3.87. The number of anilines is 1. The van der Waals surface area contributed by atoms with Crippen LogP contribution in [-0.2, 0) is 9.53 Å². The van der Waals surface area contributed by atoms with E-state index in [0.717, 1.165) is 45.4 Å². The van der Waals surface area contributed by atoms with Gasteiger partial charge in [0.2, 0.25) is 0 Å². The molecule has 7 nitrogen and oxygen atoms in total. The van der Waals surface area contributed by atoms with E-state index in [1.54, 1.807) is 0 Å². The average molecular weight is 506 g/mol. The van der Waals surface area contributed by atoms with Crippen LogP contribution in [0, 0.1) is 11.7 Å². The molecule has 13 heteroatoms. The van der Waals surface area contributed by atoms with E-state index in [1.165, 1.54) is 0 Å². The topological polar surface area (TPSA) is 97.8 Å². The molecule has 3 rings (SSSR count). The van der Waals surface area contributed by atoms with Crippen molar-refractivity contribution >= 4 is 17.6 Å². The van der Waals surface area contributed by atoms with Gasteiger partial charge in [0, 0.05) is 17.4 Å². The highest BCUT2D eigenvalue weighted by molar-refractivity contribution is 5.95. The largest absolute Gasteiger partial charge is 0.496 e. The maximum absolute atomic E-state index is 14.1. The second-order valence-electron chi connectivity index (χ2n) is 8.07. The van der Waals surface area contributed by atoms with Gasteiger partial charge in [-0.1, -0.05) is 13.0 Å². The number of amides is 1. The van der Waals surface area contributed by atoms with Crippen LogP contribution in [-0.4, -0.2) is 47.0 Å². The number of alkyl halides is 5. The summed E-state index contributed by atoms with van der Waals surface area (Å²) in [4.78, 5) is 27.6. The molecule has 4 atom stereocenters. The van der Waals surface area contributed by atoms with Crippen molar-refractivity contribution in [2.45, 2.75) is 44.1 Å². The molecule has 0 saturated carbocycles. The molecule has 0 aliphatic carbocycles. The number of carbonyl (C=O) groups excluding carboxylic acids is 1. The van der Waals surface area contributed by atoms with Crippen LogP contribution in [0.15, 0.2) is 30.5 Å². The molecule has 0 radical (unpaired) electrons. The Morgan fingerprint density at radius 2 is 1.89 bits per heavy atom. The maximum atomic E-state index is 14.1. The molecular formula is C22H20F6N2O5. The molecule has 2 aromatic rings.